The highest BCUT2D eigenvalue weighted by Gasteiger charge is 2.24. The van der Waals surface area contributed by atoms with E-state index in [-0.39, 0.29) is 12.0 Å². The molecule has 1 amide bonds. The second-order valence-electron chi connectivity index (χ2n) is 4.37. The summed E-state index contributed by atoms with van der Waals surface area (Å²) in [5, 5.41) is 3.58. The highest BCUT2D eigenvalue weighted by molar-refractivity contribution is 6.31. The molecular weight excluding hydrogens is 252 g/mol. The molecule has 0 aromatic heterocycles. The van der Waals surface area contributed by atoms with Crippen LogP contribution in [-0.4, -0.2) is 43.7 Å². The lowest BCUT2D eigenvalue weighted by Gasteiger charge is -2.31. The smallest absolute Gasteiger partial charge is 0.256 e. The van der Waals surface area contributed by atoms with Gasteiger partial charge in [0.25, 0.3) is 5.91 Å². The number of anilines is 1. The van der Waals surface area contributed by atoms with Crippen LogP contribution in [0.3, 0.4) is 0 Å². The number of nitrogens with zero attached hydrogens (tertiary/aromatic N) is 1. The second-order valence-corrected chi connectivity index (χ2v) is 4.81. The van der Waals surface area contributed by atoms with Gasteiger partial charge in [-0.05, 0) is 25.1 Å². The second kappa shape index (κ2) is 5.59. The molecule has 1 fully saturated rings. The third-order valence-electron chi connectivity index (χ3n) is 3.01. The van der Waals surface area contributed by atoms with Gasteiger partial charge in [-0.2, -0.15) is 0 Å². The number of carbonyl (C=O) groups is 1. The van der Waals surface area contributed by atoms with E-state index in [1.165, 1.54) is 0 Å². The van der Waals surface area contributed by atoms with Crippen LogP contribution in [0.25, 0.3) is 0 Å². The number of rotatable bonds is 2. The molecule has 0 saturated carbocycles. The standard InChI is InChI=1S/C13H17ClN2O2/c1-9-8-16(5-6-18-9)13(17)11-7-10(14)3-4-12(11)15-2/h3-4,7,9,15H,5-6,8H2,1-2H3. The van der Waals surface area contributed by atoms with Gasteiger partial charge in [0.1, 0.15) is 0 Å². The zero-order chi connectivity index (χ0) is 13.1. The largest absolute Gasteiger partial charge is 0.387 e. The minimum absolute atomic E-state index is 0.00278. The summed E-state index contributed by atoms with van der Waals surface area (Å²) in [6, 6.07) is 5.29. The first-order chi connectivity index (χ1) is 8.61. The summed E-state index contributed by atoms with van der Waals surface area (Å²) in [4.78, 5) is 14.3. The first-order valence-corrected chi connectivity index (χ1v) is 6.38. The first-order valence-electron chi connectivity index (χ1n) is 6.00. The number of hydrogen-bond donors (Lipinski definition) is 1. The number of hydrogen-bond acceptors (Lipinski definition) is 3. The highest BCUT2D eigenvalue weighted by atomic mass is 35.5. The Morgan fingerprint density at radius 1 is 1.56 bits per heavy atom. The minimum Gasteiger partial charge on any atom is -0.387 e. The molecule has 1 aromatic carbocycles. The molecule has 1 aliphatic rings. The number of ether oxygens (including phenoxy) is 1. The van der Waals surface area contributed by atoms with Crippen molar-refractivity contribution >= 4 is 23.2 Å². The molecule has 0 spiro atoms. The maximum absolute atomic E-state index is 12.4. The molecule has 98 valence electrons. The van der Waals surface area contributed by atoms with Crippen molar-refractivity contribution in [3.63, 3.8) is 0 Å². The molecular formula is C13H17ClN2O2. The lowest BCUT2D eigenvalue weighted by molar-refractivity contribution is -0.0123. The van der Waals surface area contributed by atoms with Crippen molar-refractivity contribution in [3.8, 4) is 0 Å². The van der Waals surface area contributed by atoms with Crippen LogP contribution >= 0.6 is 11.6 Å². The maximum Gasteiger partial charge on any atom is 0.256 e. The highest BCUT2D eigenvalue weighted by Crippen LogP contribution is 2.22. The summed E-state index contributed by atoms with van der Waals surface area (Å²) in [7, 11) is 1.79. The van der Waals surface area contributed by atoms with Gasteiger partial charge in [0.05, 0.1) is 18.3 Å². The minimum atomic E-state index is -0.00278. The third-order valence-corrected chi connectivity index (χ3v) is 3.24. The summed E-state index contributed by atoms with van der Waals surface area (Å²) in [6.45, 7) is 3.80. The predicted octanol–water partition coefficient (Wildman–Crippen LogP) is 2.24. The van der Waals surface area contributed by atoms with Gasteiger partial charge in [0, 0.05) is 30.8 Å². The van der Waals surface area contributed by atoms with E-state index in [2.05, 4.69) is 5.32 Å². The summed E-state index contributed by atoms with van der Waals surface area (Å²) in [5.74, 6) is -0.00278. The number of halogens is 1. The molecule has 5 heteroatoms. The zero-order valence-corrected chi connectivity index (χ0v) is 11.3. The van der Waals surface area contributed by atoms with E-state index < -0.39 is 0 Å². The molecule has 1 atom stereocenters. The molecule has 0 bridgehead atoms. The van der Waals surface area contributed by atoms with Gasteiger partial charge < -0.3 is 15.0 Å². The lowest BCUT2D eigenvalue weighted by Crippen LogP contribution is -2.44. The van der Waals surface area contributed by atoms with Gasteiger partial charge >= 0.3 is 0 Å². The zero-order valence-electron chi connectivity index (χ0n) is 10.6. The quantitative estimate of drug-likeness (QED) is 0.894. The van der Waals surface area contributed by atoms with Crippen LogP contribution in [0.15, 0.2) is 18.2 Å². The van der Waals surface area contributed by atoms with Crippen molar-refractivity contribution in [1.29, 1.82) is 0 Å². The van der Waals surface area contributed by atoms with Crippen molar-refractivity contribution in [2.75, 3.05) is 32.1 Å². The Hall–Kier alpha value is -1.26. The van der Waals surface area contributed by atoms with E-state index >= 15 is 0 Å². The van der Waals surface area contributed by atoms with Crippen LogP contribution in [0.4, 0.5) is 5.69 Å². The average Bonchev–Trinajstić information content (AvgIpc) is 2.38. The Kier molecular flexibility index (Phi) is 4.09. The van der Waals surface area contributed by atoms with Crippen LogP contribution in [0.1, 0.15) is 17.3 Å². The van der Waals surface area contributed by atoms with Crippen molar-refractivity contribution in [3.05, 3.63) is 28.8 Å². The van der Waals surface area contributed by atoms with Gasteiger partial charge in [-0.1, -0.05) is 11.6 Å². The van der Waals surface area contributed by atoms with Crippen molar-refractivity contribution in [2.24, 2.45) is 0 Å². The summed E-state index contributed by atoms with van der Waals surface area (Å²) in [5.41, 5.74) is 1.41. The topological polar surface area (TPSA) is 41.6 Å². The van der Waals surface area contributed by atoms with Crippen LogP contribution in [0.5, 0.6) is 0 Å². The maximum atomic E-state index is 12.4. The molecule has 1 heterocycles. The van der Waals surface area contributed by atoms with Gasteiger partial charge in [-0.3, -0.25) is 4.79 Å². The number of amides is 1. The van der Waals surface area contributed by atoms with E-state index in [9.17, 15) is 4.79 Å². The van der Waals surface area contributed by atoms with Crippen LogP contribution in [0, 0.1) is 0 Å². The van der Waals surface area contributed by atoms with Crippen LogP contribution < -0.4 is 5.32 Å². The van der Waals surface area contributed by atoms with E-state index in [0.717, 1.165) is 5.69 Å². The molecule has 1 aromatic rings. The molecule has 1 aliphatic heterocycles. The van der Waals surface area contributed by atoms with Gasteiger partial charge in [0.2, 0.25) is 0 Å². The summed E-state index contributed by atoms with van der Waals surface area (Å²) >= 11 is 5.96. The normalized spacial score (nSPS) is 19.7. The third kappa shape index (κ3) is 2.76. The van der Waals surface area contributed by atoms with E-state index in [0.29, 0.717) is 30.3 Å². The van der Waals surface area contributed by atoms with Gasteiger partial charge in [-0.15, -0.1) is 0 Å². The van der Waals surface area contributed by atoms with Crippen molar-refractivity contribution in [2.45, 2.75) is 13.0 Å². The molecule has 0 radical (unpaired) electrons. The van der Waals surface area contributed by atoms with Crippen molar-refractivity contribution in [1.82, 2.24) is 4.90 Å². The fraction of sp³-hybridized carbons (Fsp3) is 0.462. The molecule has 1 N–H and O–H groups in total. The molecule has 1 saturated heterocycles. The Morgan fingerprint density at radius 3 is 3.00 bits per heavy atom. The number of benzene rings is 1. The van der Waals surface area contributed by atoms with Crippen LogP contribution in [0.2, 0.25) is 5.02 Å². The van der Waals surface area contributed by atoms with E-state index in [4.69, 9.17) is 16.3 Å². The van der Waals surface area contributed by atoms with Crippen LogP contribution in [-0.2, 0) is 4.74 Å². The fourth-order valence-electron chi connectivity index (χ4n) is 2.08. The number of carbonyl (C=O) groups excluding carboxylic acids is 1. The molecule has 0 aliphatic carbocycles. The van der Waals surface area contributed by atoms with E-state index in [1.807, 2.05) is 13.0 Å². The fourth-order valence-corrected chi connectivity index (χ4v) is 2.26. The van der Waals surface area contributed by atoms with Gasteiger partial charge in [0.15, 0.2) is 0 Å². The predicted molar refractivity (Wildman–Crippen MR) is 72.3 cm³/mol. The molecule has 2 rings (SSSR count). The summed E-state index contributed by atoms with van der Waals surface area (Å²) in [6.07, 6.45) is 0.0833. The van der Waals surface area contributed by atoms with Gasteiger partial charge in [-0.25, -0.2) is 0 Å². The van der Waals surface area contributed by atoms with E-state index in [1.54, 1.807) is 24.1 Å². The monoisotopic (exact) mass is 268 g/mol. The number of morpholine rings is 1. The number of nitrogens with one attached hydrogen (secondary N) is 1. The Balaban J connectivity index is 2.24. The molecule has 4 nitrogen and oxygen atoms in total. The Bertz CT molecular complexity index is 451. The molecule has 1 unspecified atom stereocenters. The first kappa shape index (κ1) is 13.2. The lowest BCUT2D eigenvalue weighted by atomic mass is 10.1. The van der Waals surface area contributed by atoms with Crippen molar-refractivity contribution < 1.29 is 9.53 Å². The Morgan fingerprint density at radius 2 is 2.33 bits per heavy atom. The molecule has 18 heavy (non-hydrogen) atoms. The Labute approximate surface area is 112 Å². The SMILES string of the molecule is CNc1ccc(Cl)cc1C(=O)N1CCOC(C)C1. The average molecular weight is 269 g/mol. The summed E-state index contributed by atoms with van der Waals surface area (Å²) < 4.78 is 5.44.